The quantitative estimate of drug-likeness (QED) is 0.175. The molecule has 0 unspecified atom stereocenters. The molecule has 0 fully saturated rings. The van der Waals surface area contributed by atoms with Crippen molar-refractivity contribution in [1.29, 1.82) is 10.5 Å². The number of benzene rings is 4. The Hall–Kier alpha value is -7.02. The number of pyridine rings is 4. The van der Waals surface area contributed by atoms with Gasteiger partial charge in [0.2, 0.25) is 0 Å². The van der Waals surface area contributed by atoms with E-state index in [2.05, 4.69) is 109 Å². The van der Waals surface area contributed by atoms with Gasteiger partial charge in [0.1, 0.15) is 0 Å². The van der Waals surface area contributed by atoms with E-state index in [1.165, 1.54) is 22.3 Å². The molecule has 0 amide bonds. The summed E-state index contributed by atoms with van der Waals surface area (Å²) in [6, 6.07) is 41.5. The van der Waals surface area contributed by atoms with Crippen LogP contribution in [0.5, 0.6) is 0 Å². The summed E-state index contributed by atoms with van der Waals surface area (Å²) in [6.07, 6.45) is 7.12. The second-order valence-corrected chi connectivity index (χ2v) is 13.4. The maximum Gasteiger partial charge on any atom is 0.0992 e. The third-order valence-electron chi connectivity index (χ3n) is 10.1. The van der Waals surface area contributed by atoms with Crippen LogP contribution in [0, 0.1) is 22.7 Å². The number of hydrogen-bond acceptors (Lipinski definition) is 6. The predicted octanol–water partition coefficient (Wildman–Crippen LogP) is 10.3. The molecule has 0 spiro atoms. The highest BCUT2D eigenvalue weighted by atomic mass is 14.8. The second kappa shape index (κ2) is 11.6. The highest BCUT2D eigenvalue weighted by Crippen LogP contribution is 2.53. The van der Waals surface area contributed by atoms with Crippen LogP contribution in [0.15, 0.2) is 134 Å². The summed E-state index contributed by atoms with van der Waals surface area (Å²) in [5, 5.41) is 23.4. The van der Waals surface area contributed by atoms with E-state index in [1.807, 2.05) is 24.5 Å². The van der Waals surface area contributed by atoms with E-state index in [4.69, 9.17) is 9.97 Å². The van der Waals surface area contributed by atoms with Gasteiger partial charge >= 0.3 is 0 Å². The number of nitrogens with zero attached hydrogens (tertiary/aromatic N) is 6. The Morgan fingerprint density at radius 2 is 1.00 bits per heavy atom. The summed E-state index contributed by atoms with van der Waals surface area (Å²) in [7, 11) is 0. The highest BCUT2D eigenvalue weighted by molar-refractivity contribution is 6.22. The van der Waals surface area contributed by atoms with E-state index in [-0.39, 0.29) is 5.41 Å². The summed E-state index contributed by atoms with van der Waals surface area (Å²) >= 11 is 0. The van der Waals surface area contributed by atoms with Crippen molar-refractivity contribution in [3.05, 3.63) is 156 Å². The molecule has 1 aliphatic rings. The minimum Gasteiger partial charge on any atom is -0.255 e. The fraction of sp³-hybridized carbons (Fsp3) is 0.0667. The van der Waals surface area contributed by atoms with Crippen LogP contribution in [-0.2, 0) is 5.41 Å². The van der Waals surface area contributed by atoms with Gasteiger partial charge in [0.25, 0.3) is 0 Å². The zero-order valence-electron chi connectivity index (χ0n) is 27.9. The molecule has 0 saturated carbocycles. The van der Waals surface area contributed by atoms with Crippen molar-refractivity contribution in [2.75, 3.05) is 0 Å². The second-order valence-electron chi connectivity index (χ2n) is 13.4. The molecule has 0 bridgehead atoms. The highest BCUT2D eigenvalue weighted by Gasteiger charge is 2.36. The molecule has 0 atom stereocenters. The van der Waals surface area contributed by atoms with Crippen LogP contribution in [0.4, 0.5) is 0 Å². The number of hydrogen-bond donors (Lipinski definition) is 0. The Kier molecular flexibility index (Phi) is 6.81. The summed E-state index contributed by atoms with van der Waals surface area (Å²) in [5.74, 6) is 0. The molecular formula is C45H28N6. The molecule has 9 rings (SSSR count). The first kappa shape index (κ1) is 30.1. The van der Waals surface area contributed by atoms with Gasteiger partial charge in [-0.15, -0.1) is 0 Å². The van der Waals surface area contributed by atoms with E-state index in [0.717, 1.165) is 43.8 Å². The van der Waals surface area contributed by atoms with Crippen molar-refractivity contribution < 1.29 is 0 Å². The van der Waals surface area contributed by atoms with Gasteiger partial charge in [0.05, 0.1) is 46.0 Å². The lowest BCUT2D eigenvalue weighted by molar-refractivity contribution is 0.661. The summed E-state index contributed by atoms with van der Waals surface area (Å²) < 4.78 is 0. The van der Waals surface area contributed by atoms with E-state index < -0.39 is 0 Å². The molecule has 4 aromatic heterocycles. The molecule has 4 aromatic carbocycles. The summed E-state index contributed by atoms with van der Waals surface area (Å²) in [5.41, 5.74) is 13.0. The largest absolute Gasteiger partial charge is 0.255 e. The van der Waals surface area contributed by atoms with E-state index in [0.29, 0.717) is 33.9 Å². The number of fused-ring (bicyclic) bond motifs is 5. The third-order valence-corrected chi connectivity index (χ3v) is 10.1. The maximum atomic E-state index is 9.44. The lowest BCUT2D eigenvalue weighted by atomic mass is 9.80. The SMILES string of the molecule is CC1(C)c2ccccc2-c2cc3c(-c4ccc(-c5cc(C#N)ccn5)nc4)c4ccccc4c(-c4ccc(-c5cc(C#N)ccn5)nc4)c3cc21. The normalized spacial score (nSPS) is 12.6. The summed E-state index contributed by atoms with van der Waals surface area (Å²) in [6.45, 7) is 4.61. The molecular weight excluding hydrogens is 625 g/mol. The van der Waals surface area contributed by atoms with E-state index in [1.54, 1.807) is 36.7 Å². The Bertz CT molecular complexity index is 2790. The van der Waals surface area contributed by atoms with Crippen LogP contribution < -0.4 is 0 Å². The van der Waals surface area contributed by atoms with Crippen molar-refractivity contribution in [3.63, 3.8) is 0 Å². The first-order valence-corrected chi connectivity index (χ1v) is 16.7. The van der Waals surface area contributed by atoms with Crippen LogP contribution in [0.1, 0.15) is 36.1 Å². The molecule has 0 aliphatic heterocycles. The molecule has 238 valence electrons. The van der Waals surface area contributed by atoms with Gasteiger partial charge in [-0.25, -0.2) is 0 Å². The van der Waals surface area contributed by atoms with Crippen LogP contribution in [0.2, 0.25) is 0 Å². The number of aromatic nitrogens is 4. The molecule has 8 aromatic rings. The van der Waals surface area contributed by atoms with E-state index >= 15 is 0 Å². The Morgan fingerprint density at radius 3 is 1.53 bits per heavy atom. The maximum absolute atomic E-state index is 9.44. The van der Waals surface area contributed by atoms with Crippen molar-refractivity contribution in [3.8, 4) is 68.3 Å². The fourth-order valence-corrected chi connectivity index (χ4v) is 7.66. The zero-order chi connectivity index (χ0) is 34.7. The average Bonchev–Trinajstić information content (AvgIpc) is 3.41. The standard InChI is InChI=1S/C45H28N6/c1-45(2)37-10-6-5-7-31(37)34-21-35-36(22-38(34)45)44(30-12-14-40(51-26-30)42-20-28(24-47)16-18-49-42)33-9-4-3-8-32(33)43(35)29-11-13-39(50-25-29)41-19-27(23-46)15-17-48-41/h3-22,25-26H,1-2H3. The first-order chi connectivity index (χ1) is 24.9. The number of nitriles is 2. The predicted molar refractivity (Wildman–Crippen MR) is 201 cm³/mol. The molecule has 0 saturated heterocycles. The van der Waals surface area contributed by atoms with Crippen LogP contribution in [0.3, 0.4) is 0 Å². The Labute approximate surface area is 295 Å². The van der Waals surface area contributed by atoms with Gasteiger partial charge in [-0.2, -0.15) is 10.5 Å². The fourth-order valence-electron chi connectivity index (χ4n) is 7.66. The van der Waals surface area contributed by atoms with Crippen LogP contribution >= 0.6 is 0 Å². The topological polar surface area (TPSA) is 99.1 Å². The minimum atomic E-state index is -0.184. The number of rotatable bonds is 4. The van der Waals surface area contributed by atoms with Gasteiger partial charge in [0.15, 0.2) is 0 Å². The van der Waals surface area contributed by atoms with Crippen LogP contribution in [0.25, 0.3) is 77.7 Å². The molecule has 6 heteroatoms. The molecule has 0 N–H and O–H groups in total. The van der Waals surface area contributed by atoms with Gasteiger partial charge in [-0.05, 0) is 103 Å². The van der Waals surface area contributed by atoms with Crippen LogP contribution in [-0.4, -0.2) is 19.9 Å². The molecule has 51 heavy (non-hydrogen) atoms. The molecule has 1 aliphatic carbocycles. The van der Waals surface area contributed by atoms with Gasteiger partial charge < -0.3 is 0 Å². The zero-order valence-corrected chi connectivity index (χ0v) is 27.9. The lowest BCUT2D eigenvalue weighted by Gasteiger charge is -2.23. The van der Waals surface area contributed by atoms with Crippen molar-refractivity contribution >= 4 is 21.5 Å². The van der Waals surface area contributed by atoms with Crippen molar-refractivity contribution in [1.82, 2.24) is 19.9 Å². The third kappa shape index (κ3) is 4.77. The minimum absolute atomic E-state index is 0.184. The Balaban J connectivity index is 1.31. The summed E-state index contributed by atoms with van der Waals surface area (Å²) in [4.78, 5) is 18.7. The lowest BCUT2D eigenvalue weighted by Crippen LogP contribution is -2.14. The Morgan fingerprint density at radius 1 is 0.471 bits per heavy atom. The van der Waals surface area contributed by atoms with Gasteiger partial charge in [-0.1, -0.05) is 74.5 Å². The average molecular weight is 653 g/mol. The van der Waals surface area contributed by atoms with E-state index in [9.17, 15) is 10.5 Å². The van der Waals surface area contributed by atoms with Crippen molar-refractivity contribution in [2.45, 2.75) is 19.3 Å². The molecule has 4 heterocycles. The van der Waals surface area contributed by atoms with Gasteiger partial charge in [-0.3, -0.25) is 19.9 Å². The molecule has 0 radical (unpaired) electrons. The van der Waals surface area contributed by atoms with Gasteiger partial charge in [0, 0.05) is 41.3 Å². The first-order valence-electron chi connectivity index (χ1n) is 16.7. The monoisotopic (exact) mass is 652 g/mol. The molecule has 6 nitrogen and oxygen atoms in total. The smallest absolute Gasteiger partial charge is 0.0992 e. The van der Waals surface area contributed by atoms with Crippen molar-refractivity contribution in [2.24, 2.45) is 0 Å².